The Labute approximate surface area is 101 Å². The van der Waals surface area contributed by atoms with E-state index in [1.165, 1.54) is 0 Å². The molecule has 0 fully saturated rings. The molecule has 90 valence electrons. The normalized spacial score (nSPS) is 9.24. The average Bonchev–Trinajstić information content (AvgIpc) is 2.24. The van der Waals surface area contributed by atoms with Crippen LogP contribution in [0.3, 0.4) is 0 Å². The van der Waals surface area contributed by atoms with Crippen LogP contribution in [0, 0.1) is 6.92 Å². The van der Waals surface area contributed by atoms with Gasteiger partial charge in [-0.3, -0.25) is 0 Å². The summed E-state index contributed by atoms with van der Waals surface area (Å²) in [6.07, 6.45) is 0. The summed E-state index contributed by atoms with van der Waals surface area (Å²) in [5.41, 5.74) is 25.7. The molecule has 0 heterocycles. The lowest BCUT2D eigenvalue weighted by Gasteiger charge is -1.98. The fraction of sp³-hybridized carbons (Fsp3) is 0.0769. The first-order valence-corrected chi connectivity index (χ1v) is 5.21. The van der Waals surface area contributed by atoms with E-state index in [4.69, 9.17) is 22.9 Å². The van der Waals surface area contributed by atoms with Crippen molar-refractivity contribution in [2.75, 3.05) is 22.9 Å². The van der Waals surface area contributed by atoms with Gasteiger partial charge in [-0.1, -0.05) is 12.1 Å². The highest BCUT2D eigenvalue weighted by Crippen LogP contribution is 2.13. The lowest BCUT2D eigenvalue weighted by Crippen LogP contribution is -1.91. The minimum atomic E-state index is 0.713. The Balaban J connectivity index is 0.000000171. The van der Waals surface area contributed by atoms with Gasteiger partial charge >= 0.3 is 0 Å². The smallest absolute Gasteiger partial charge is 0.0364 e. The molecular formula is C13H18N4. The van der Waals surface area contributed by atoms with Crippen molar-refractivity contribution in [1.29, 1.82) is 0 Å². The van der Waals surface area contributed by atoms with Crippen LogP contribution in [0.4, 0.5) is 22.7 Å². The molecule has 0 aromatic heterocycles. The molecule has 0 radical (unpaired) electrons. The third kappa shape index (κ3) is 4.34. The molecule has 0 atom stereocenters. The van der Waals surface area contributed by atoms with Crippen LogP contribution < -0.4 is 22.9 Å². The van der Waals surface area contributed by atoms with E-state index < -0.39 is 0 Å². The maximum Gasteiger partial charge on any atom is 0.0364 e. The summed E-state index contributed by atoms with van der Waals surface area (Å²) < 4.78 is 0. The van der Waals surface area contributed by atoms with Gasteiger partial charge < -0.3 is 22.9 Å². The molecule has 0 bridgehead atoms. The van der Waals surface area contributed by atoms with E-state index in [9.17, 15) is 0 Å². The van der Waals surface area contributed by atoms with Gasteiger partial charge in [0.05, 0.1) is 0 Å². The van der Waals surface area contributed by atoms with Gasteiger partial charge in [-0.15, -0.1) is 0 Å². The number of nitrogen functional groups attached to an aromatic ring is 4. The van der Waals surface area contributed by atoms with Gasteiger partial charge in [0.1, 0.15) is 0 Å². The Hall–Kier alpha value is -2.36. The predicted molar refractivity (Wildman–Crippen MR) is 75.3 cm³/mol. The second kappa shape index (κ2) is 5.65. The minimum absolute atomic E-state index is 0.713. The minimum Gasteiger partial charge on any atom is -0.399 e. The largest absolute Gasteiger partial charge is 0.399 e. The SMILES string of the molecule is Cc1ccc(N)cc1N.Nc1cccc(N)c1. The first kappa shape index (κ1) is 12.7. The molecule has 2 rings (SSSR count). The Morgan fingerprint density at radius 3 is 1.59 bits per heavy atom. The predicted octanol–water partition coefficient (Wildman–Crippen LogP) is 2.01. The zero-order chi connectivity index (χ0) is 12.8. The van der Waals surface area contributed by atoms with Gasteiger partial charge in [0.2, 0.25) is 0 Å². The number of nitrogens with two attached hydrogens (primary N) is 4. The van der Waals surface area contributed by atoms with Gasteiger partial charge in [-0.05, 0) is 42.8 Å². The van der Waals surface area contributed by atoms with Crippen LogP contribution in [0.5, 0.6) is 0 Å². The number of hydrogen-bond donors (Lipinski definition) is 4. The molecular weight excluding hydrogens is 212 g/mol. The second-order valence-electron chi connectivity index (χ2n) is 3.79. The highest BCUT2D eigenvalue weighted by molar-refractivity contribution is 5.56. The van der Waals surface area contributed by atoms with E-state index in [-0.39, 0.29) is 0 Å². The van der Waals surface area contributed by atoms with E-state index in [2.05, 4.69) is 0 Å². The van der Waals surface area contributed by atoms with Crippen LogP contribution >= 0.6 is 0 Å². The lowest BCUT2D eigenvalue weighted by molar-refractivity contribution is 1.47. The van der Waals surface area contributed by atoms with Crippen molar-refractivity contribution in [3.63, 3.8) is 0 Å². The van der Waals surface area contributed by atoms with E-state index in [1.54, 1.807) is 24.3 Å². The molecule has 0 aliphatic carbocycles. The van der Waals surface area contributed by atoms with Gasteiger partial charge in [0.25, 0.3) is 0 Å². The zero-order valence-electron chi connectivity index (χ0n) is 9.85. The molecule has 0 amide bonds. The monoisotopic (exact) mass is 230 g/mol. The van der Waals surface area contributed by atoms with Crippen molar-refractivity contribution < 1.29 is 0 Å². The number of anilines is 4. The summed E-state index contributed by atoms with van der Waals surface area (Å²) in [7, 11) is 0. The Morgan fingerprint density at radius 1 is 0.706 bits per heavy atom. The summed E-state index contributed by atoms with van der Waals surface area (Å²) in [5, 5.41) is 0. The number of benzene rings is 2. The van der Waals surface area contributed by atoms with Crippen molar-refractivity contribution in [1.82, 2.24) is 0 Å². The van der Waals surface area contributed by atoms with Gasteiger partial charge in [0.15, 0.2) is 0 Å². The Bertz CT molecular complexity index is 477. The van der Waals surface area contributed by atoms with Gasteiger partial charge in [0, 0.05) is 22.7 Å². The Kier molecular flexibility index (Phi) is 4.22. The van der Waals surface area contributed by atoms with Crippen LogP contribution in [0.1, 0.15) is 5.56 Å². The summed E-state index contributed by atoms with van der Waals surface area (Å²) in [5.74, 6) is 0. The van der Waals surface area contributed by atoms with Crippen molar-refractivity contribution in [3.8, 4) is 0 Å². The molecule has 4 nitrogen and oxygen atoms in total. The second-order valence-corrected chi connectivity index (χ2v) is 3.79. The molecule has 0 aliphatic heterocycles. The zero-order valence-corrected chi connectivity index (χ0v) is 9.85. The number of rotatable bonds is 0. The molecule has 0 saturated heterocycles. The number of aryl methyl sites for hydroxylation is 1. The highest BCUT2D eigenvalue weighted by atomic mass is 14.6. The van der Waals surface area contributed by atoms with E-state index in [0.29, 0.717) is 11.4 Å². The molecule has 0 saturated carbocycles. The van der Waals surface area contributed by atoms with Crippen molar-refractivity contribution in [2.45, 2.75) is 6.92 Å². The van der Waals surface area contributed by atoms with Crippen molar-refractivity contribution >= 4 is 22.7 Å². The third-order valence-electron chi connectivity index (χ3n) is 2.21. The average molecular weight is 230 g/mol. The maximum atomic E-state index is 5.54. The van der Waals surface area contributed by atoms with Gasteiger partial charge in [-0.2, -0.15) is 0 Å². The summed E-state index contributed by atoms with van der Waals surface area (Å²) in [6.45, 7) is 1.95. The van der Waals surface area contributed by atoms with Crippen molar-refractivity contribution in [2.24, 2.45) is 0 Å². The molecule has 8 N–H and O–H groups in total. The fourth-order valence-corrected chi connectivity index (χ4v) is 1.22. The molecule has 2 aromatic carbocycles. The van der Waals surface area contributed by atoms with Crippen LogP contribution in [0.15, 0.2) is 42.5 Å². The number of hydrogen-bond acceptors (Lipinski definition) is 4. The quantitative estimate of drug-likeness (QED) is 0.519. The standard InChI is InChI=1S/C7H10N2.C6H8N2/c1-5-2-3-6(8)4-7(5)9;7-5-2-1-3-6(8)4-5/h2-4H,8-9H2,1H3;1-4H,7-8H2. The first-order chi connectivity index (χ1) is 7.99. The van der Waals surface area contributed by atoms with Crippen LogP contribution in [-0.2, 0) is 0 Å². The fourth-order valence-electron chi connectivity index (χ4n) is 1.22. The maximum absolute atomic E-state index is 5.54. The van der Waals surface area contributed by atoms with Crippen LogP contribution in [-0.4, -0.2) is 0 Å². The van der Waals surface area contributed by atoms with E-state index >= 15 is 0 Å². The first-order valence-electron chi connectivity index (χ1n) is 5.21. The molecule has 0 spiro atoms. The molecule has 2 aromatic rings. The summed E-state index contributed by atoms with van der Waals surface area (Å²) in [6, 6.07) is 12.7. The molecule has 17 heavy (non-hydrogen) atoms. The van der Waals surface area contributed by atoms with Gasteiger partial charge in [-0.25, -0.2) is 0 Å². The molecule has 4 heteroatoms. The van der Waals surface area contributed by atoms with Crippen LogP contribution in [0.2, 0.25) is 0 Å². The highest BCUT2D eigenvalue weighted by Gasteiger charge is 1.90. The van der Waals surface area contributed by atoms with Crippen molar-refractivity contribution in [3.05, 3.63) is 48.0 Å². The molecule has 0 unspecified atom stereocenters. The lowest BCUT2D eigenvalue weighted by atomic mass is 10.2. The van der Waals surface area contributed by atoms with Crippen LogP contribution in [0.25, 0.3) is 0 Å². The third-order valence-corrected chi connectivity index (χ3v) is 2.21. The molecule has 0 aliphatic rings. The summed E-state index contributed by atoms with van der Waals surface area (Å²) >= 11 is 0. The van der Waals surface area contributed by atoms with E-state index in [0.717, 1.165) is 16.9 Å². The Morgan fingerprint density at radius 2 is 1.24 bits per heavy atom. The summed E-state index contributed by atoms with van der Waals surface area (Å²) in [4.78, 5) is 0. The van der Waals surface area contributed by atoms with E-state index in [1.807, 2.05) is 25.1 Å². The topological polar surface area (TPSA) is 104 Å².